The summed E-state index contributed by atoms with van der Waals surface area (Å²) in [5.41, 5.74) is 6.32. The predicted molar refractivity (Wildman–Crippen MR) is 40.4 cm³/mol. The number of nitrogens with two attached hydrogens (primary N) is 1. The molecule has 0 radical (unpaired) electrons. The van der Waals surface area contributed by atoms with Crippen molar-refractivity contribution >= 4 is 0 Å². The Morgan fingerprint density at radius 2 is 2.64 bits per heavy atom. The summed E-state index contributed by atoms with van der Waals surface area (Å²) in [5.74, 6) is 0. The second-order valence-corrected chi connectivity index (χ2v) is 2.34. The van der Waals surface area contributed by atoms with Gasteiger partial charge in [-0.25, -0.2) is 0 Å². The van der Waals surface area contributed by atoms with E-state index in [1.165, 1.54) is 0 Å². The van der Waals surface area contributed by atoms with Crippen molar-refractivity contribution in [3.05, 3.63) is 18.0 Å². The van der Waals surface area contributed by atoms with E-state index in [0.29, 0.717) is 6.54 Å². The molecule has 1 unspecified atom stereocenters. The number of rotatable bonds is 2. The van der Waals surface area contributed by atoms with Gasteiger partial charge in [-0.15, -0.1) is 0 Å². The van der Waals surface area contributed by atoms with Crippen LogP contribution in [0.3, 0.4) is 0 Å². The molecule has 4 nitrogen and oxygen atoms in total. The maximum Gasteiger partial charge on any atom is 0.135 e. The zero-order valence-electron chi connectivity index (χ0n) is 6.36. The van der Waals surface area contributed by atoms with Crippen LogP contribution in [0, 0.1) is 11.3 Å². The third kappa shape index (κ3) is 1.57. The van der Waals surface area contributed by atoms with Gasteiger partial charge in [0.05, 0.1) is 12.3 Å². The van der Waals surface area contributed by atoms with E-state index in [0.717, 1.165) is 5.56 Å². The van der Waals surface area contributed by atoms with Crippen LogP contribution in [-0.4, -0.2) is 9.78 Å². The van der Waals surface area contributed by atoms with Crippen LogP contribution >= 0.6 is 0 Å². The fourth-order valence-electron chi connectivity index (χ4n) is 0.754. The van der Waals surface area contributed by atoms with Crippen LogP contribution in [0.2, 0.25) is 0 Å². The predicted octanol–water partition coefficient (Wildman–Crippen LogP) is 0.426. The molecule has 1 atom stereocenters. The summed E-state index contributed by atoms with van der Waals surface area (Å²) in [6.07, 6.45) is 3.46. The third-order valence-electron chi connectivity index (χ3n) is 1.47. The topological polar surface area (TPSA) is 67.6 Å². The van der Waals surface area contributed by atoms with Crippen molar-refractivity contribution in [1.29, 1.82) is 5.26 Å². The van der Waals surface area contributed by atoms with E-state index < -0.39 is 0 Å². The Hall–Kier alpha value is -1.34. The Bertz CT molecular complexity index is 270. The van der Waals surface area contributed by atoms with Gasteiger partial charge in [0.25, 0.3) is 0 Å². The summed E-state index contributed by atoms with van der Waals surface area (Å²) >= 11 is 0. The van der Waals surface area contributed by atoms with Gasteiger partial charge in [0, 0.05) is 18.3 Å². The first-order valence-corrected chi connectivity index (χ1v) is 3.40. The van der Waals surface area contributed by atoms with E-state index in [9.17, 15) is 0 Å². The molecule has 2 N–H and O–H groups in total. The lowest BCUT2D eigenvalue weighted by Crippen LogP contribution is -2.02. The summed E-state index contributed by atoms with van der Waals surface area (Å²) in [6.45, 7) is 2.26. The molecular formula is C7H10N4. The average molecular weight is 150 g/mol. The van der Waals surface area contributed by atoms with E-state index >= 15 is 0 Å². The van der Waals surface area contributed by atoms with Crippen LogP contribution < -0.4 is 5.73 Å². The average Bonchev–Trinajstić information content (AvgIpc) is 2.50. The normalized spacial score (nSPS) is 12.5. The van der Waals surface area contributed by atoms with Crippen LogP contribution in [0.15, 0.2) is 12.4 Å². The molecule has 0 aromatic carbocycles. The Labute approximate surface area is 65.2 Å². The van der Waals surface area contributed by atoms with Gasteiger partial charge in [0.15, 0.2) is 0 Å². The first-order valence-electron chi connectivity index (χ1n) is 3.40. The Balaban J connectivity index is 2.82. The molecule has 1 aromatic heterocycles. The smallest absolute Gasteiger partial charge is 0.135 e. The van der Waals surface area contributed by atoms with E-state index in [1.54, 1.807) is 24.0 Å². The SMILES string of the molecule is CC(C#N)n1cc(CN)cn1. The fraction of sp³-hybridized carbons (Fsp3) is 0.429. The van der Waals surface area contributed by atoms with E-state index in [4.69, 9.17) is 11.0 Å². The number of hydrogen-bond acceptors (Lipinski definition) is 3. The van der Waals surface area contributed by atoms with Crippen molar-refractivity contribution in [2.45, 2.75) is 19.5 Å². The lowest BCUT2D eigenvalue weighted by Gasteiger charge is -1.99. The van der Waals surface area contributed by atoms with Gasteiger partial charge in [-0.05, 0) is 6.92 Å². The maximum absolute atomic E-state index is 8.53. The summed E-state index contributed by atoms with van der Waals surface area (Å²) in [5, 5.41) is 12.5. The quantitative estimate of drug-likeness (QED) is 0.664. The first-order chi connectivity index (χ1) is 5.27. The Morgan fingerprint density at radius 1 is 1.91 bits per heavy atom. The van der Waals surface area contributed by atoms with Gasteiger partial charge in [-0.2, -0.15) is 10.4 Å². The van der Waals surface area contributed by atoms with E-state index in [1.807, 2.05) is 0 Å². The molecule has 0 aliphatic carbocycles. The van der Waals surface area contributed by atoms with Crippen LogP contribution in [0.1, 0.15) is 18.5 Å². The molecule has 58 valence electrons. The van der Waals surface area contributed by atoms with Gasteiger partial charge in [0.1, 0.15) is 6.04 Å². The fourth-order valence-corrected chi connectivity index (χ4v) is 0.754. The Kier molecular flexibility index (Phi) is 2.24. The van der Waals surface area contributed by atoms with Crippen molar-refractivity contribution in [3.8, 4) is 6.07 Å². The van der Waals surface area contributed by atoms with Gasteiger partial charge < -0.3 is 5.73 Å². The molecule has 4 heteroatoms. The largest absolute Gasteiger partial charge is 0.326 e. The molecule has 0 aliphatic rings. The van der Waals surface area contributed by atoms with Gasteiger partial charge in [0.2, 0.25) is 0 Å². The highest BCUT2D eigenvalue weighted by Gasteiger charge is 2.02. The number of nitrogens with zero attached hydrogens (tertiary/aromatic N) is 3. The van der Waals surface area contributed by atoms with Gasteiger partial charge in [-0.1, -0.05) is 0 Å². The maximum atomic E-state index is 8.53. The van der Waals surface area contributed by atoms with Crippen molar-refractivity contribution in [2.75, 3.05) is 0 Å². The molecule has 0 spiro atoms. The molecule has 0 bridgehead atoms. The summed E-state index contributed by atoms with van der Waals surface area (Å²) in [6, 6.07) is 1.87. The molecule has 11 heavy (non-hydrogen) atoms. The highest BCUT2D eigenvalue weighted by atomic mass is 15.3. The van der Waals surface area contributed by atoms with Gasteiger partial charge >= 0.3 is 0 Å². The zero-order valence-corrected chi connectivity index (χ0v) is 6.36. The van der Waals surface area contributed by atoms with E-state index in [2.05, 4.69) is 11.2 Å². The number of nitriles is 1. The molecule has 0 fully saturated rings. The molecule has 1 aromatic rings. The second kappa shape index (κ2) is 3.17. The number of aromatic nitrogens is 2. The zero-order chi connectivity index (χ0) is 8.27. The minimum Gasteiger partial charge on any atom is -0.326 e. The number of hydrogen-bond donors (Lipinski definition) is 1. The summed E-state index contributed by atoms with van der Waals surface area (Å²) < 4.78 is 1.60. The highest BCUT2D eigenvalue weighted by molar-refractivity contribution is 5.04. The second-order valence-electron chi connectivity index (χ2n) is 2.34. The van der Waals surface area contributed by atoms with Crippen molar-refractivity contribution in [1.82, 2.24) is 9.78 Å². The summed E-state index contributed by atoms with van der Waals surface area (Å²) in [4.78, 5) is 0. The lowest BCUT2D eigenvalue weighted by atomic mass is 10.3. The molecule has 1 heterocycles. The third-order valence-corrected chi connectivity index (χ3v) is 1.47. The molecular weight excluding hydrogens is 140 g/mol. The van der Waals surface area contributed by atoms with Crippen LogP contribution in [-0.2, 0) is 6.54 Å². The van der Waals surface area contributed by atoms with Crippen molar-refractivity contribution < 1.29 is 0 Å². The minimum absolute atomic E-state index is 0.213. The molecule has 0 saturated heterocycles. The van der Waals surface area contributed by atoms with Gasteiger partial charge in [-0.3, -0.25) is 4.68 Å². The molecule has 0 saturated carbocycles. The standard InChI is InChI=1S/C7H10N4/c1-6(2-8)11-5-7(3-9)4-10-11/h4-6H,3,9H2,1H3. The van der Waals surface area contributed by atoms with Crippen LogP contribution in [0.5, 0.6) is 0 Å². The van der Waals surface area contributed by atoms with Crippen molar-refractivity contribution in [3.63, 3.8) is 0 Å². The molecule has 1 rings (SSSR count). The van der Waals surface area contributed by atoms with Crippen molar-refractivity contribution in [2.24, 2.45) is 5.73 Å². The molecule has 0 aliphatic heterocycles. The monoisotopic (exact) mass is 150 g/mol. The summed E-state index contributed by atoms with van der Waals surface area (Å²) in [7, 11) is 0. The minimum atomic E-state index is -0.213. The first kappa shape index (κ1) is 7.76. The molecule has 0 amide bonds. The highest BCUT2D eigenvalue weighted by Crippen LogP contribution is 2.03. The Morgan fingerprint density at radius 3 is 3.09 bits per heavy atom. The van der Waals surface area contributed by atoms with Crippen LogP contribution in [0.4, 0.5) is 0 Å². The van der Waals surface area contributed by atoms with E-state index in [-0.39, 0.29) is 6.04 Å². The van der Waals surface area contributed by atoms with Crippen LogP contribution in [0.25, 0.3) is 0 Å². The lowest BCUT2D eigenvalue weighted by molar-refractivity contribution is 0.590.